The zero-order valence-electron chi connectivity index (χ0n) is 11.7. The molecule has 2 aromatic rings. The zero-order chi connectivity index (χ0) is 14.5. The van der Waals surface area contributed by atoms with Crippen LogP contribution in [0.25, 0.3) is 11.1 Å². The van der Waals surface area contributed by atoms with Gasteiger partial charge in [-0.3, -0.25) is 0 Å². The Labute approximate surface area is 118 Å². The molecule has 3 nitrogen and oxygen atoms in total. The standard InChI is InChI=1S/C17H18O3/c1-3-4-12-5-7-13(8-6-12)15-10-9-14(20-2)11-16(15)17(18)19/h5-11H,3-4H2,1-2H3,(H,18,19). The van der Waals surface area contributed by atoms with E-state index in [0.29, 0.717) is 11.3 Å². The molecule has 0 aliphatic rings. The molecule has 0 unspecified atom stereocenters. The fraction of sp³-hybridized carbons (Fsp3) is 0.235. The number of hydrogen-bond acceptors (Lipinski definition) is 2. The third-order valence-electron chi connectivity index (χ3n) is 3.26. The Balaban J connectivity index is 2.43. The molecule has 1 N–H and O–H groups in total. The molecule has 104 valence electrons. The normalized spacial score (nSPS) is 10.3. The van der Waals surface area contributed by atoms with Gasteiger partial charge in [0.1, 0.15) is 5.75 Å². The Kier molecular flexibility index (Phi) is 4.41. The number of rotatable bonds is 5. The lowest BCUT2D eigenvalue weighted by Gasteiger charge is -2.09. The van der Waals surface area contributed by atoms with Crippen LogP contribution in [0.3, 0.4) is 0 Å². The lowest BCUT2D eigenvalue weighted by atomic mass is 9.97. The zero-order valence-corrected chi connectivity index (χ0v) is 11.7. The Morgan fingerprint density at radius 1 is 1.15 bits per heavy atom. The van der Waals surface area contributed by atoms with E-state index in [1.165, 1.54) is 12.7 Å². The van der Waals surface area contributed by atoms with Crippen molar-refractivity contribution in [3.05, 3.63) is 53.6 Å². The maximum atomic E-state index is 11.4. The third kappa shape index (κ3) is 2.99. The Morgan fingerprint density at radius 2 is 1.85 bits per heavy atom. The van der Waals surface area contributed by atoms with Crippen molar-refractivity contribution in [3.63, 3.8) is 0 Å². The molecule has 0 radical (unpaired) electrons. The first-order valence-corrected chi connectivity index (χ1v) is 6.66. The molecule has 0 aliphatic heterocycles. The molecule has 3 heteroatoms. The first-order chi connectivity index (χ1) is 9.65. The average Bonchev–Trinajstić information content (AvgIpc) is 2.48. The van der Waals surface area contributed by atoms with E-state index >= 15 is 0 Å². The van der Waals surface area contributed by atoms with E-state index in [0.717, 1.165) is 18.4 Å². The fourth-order valence-electron chi connectivity index (χ4n) is 2.22. The highest BCUT2D eigenvalue weighted by Crippen LogP contribution is 2.28. The number of methoxy groups -OCH3 is 1. The number of aromatic carboxylic acids is 1. The van der Waals surface area contributed by atoms with Crippen molar-refractivity contribution < 1.29 is 14.6 Å². The summed E-state index contributed by atoms with van der Waals surface area (Å²) in [5.41, 5.74) is 3.14. The van der Waals surface area contributed by atoms with E-state index < -0.39 is 5.97 Å². The second-order valence-electron chi connectivity index (χ2n) is 4.66. The maximum Gasteiger partial charge on any atom is 0.336 e. The lowest BCUT2D eigenvalue weighted by molar-refractivity contribution is 0.0697. The smallest absolute Gasteiger partial charge is 0.336 e. The average molecular weight is 270 g/mol. The molecular formula is C17H18O3. The van der Waals surface area contributed by atoms with Crippen molar-refractivity contribution >= 4 is 5.97 Å². The number of hydrogen-bond donors (Lipinski definition) is 1. The largest absolute Gasteiger partial charge is 0.497 e. The van der Waals surface area contributed by atoms with Crippen LogP contribution in [0.15, 0.2) is 42.5 Å². The SMILES string of the molecule is CCCc1ccc(-c2ccc(OC)cc2C(=O)O)cc1. The van der Waals surface area contributed by atoms with Crippen LogP contribution >= 0.6 is 0 Å². The quantitative estimate of drug-likeness (QED) is 0.892. The molecule has 0 aliphatic carbocycles. The molecule has 0 atom stereocenters. The molecule has 0 spiro atoms. The van der Waals surface area contributed by atoms with E-state index in [4.69, 9.17) is 4.74 Å². The van der Waals surface area contributed by atoms with Gasteiger partial charge in [0, 0.05) is 0 Å². The summed E-state index contributed by atoms with van der Waals surface area (Å²) >= 11 is 0. The molecule has 20 heavy (non-hydrogen) atoms. The third-order valence-corrected chi connectivity index (χ3v) is 3.26. The summed E-state index contributed by atoms with van der Waals surface area (Å²) in [7, 11) is 1.53. The predicted octanol–water partition coefficient (Wildman–Crippen LogP) is 4.01. The minimum Gasteiger partial charge on any atom is -0.497 e. The van der Waals surface area contributed by atoms with Crippen LogP contribution < -0.4 is 4.74 Å². The van der Waals surface area contributed by atoms with Crippen LogP contribution in [0.1, 0.15) is 29.3 Å². The number of carboxylic acid groups (broad SMARTS) is 1. The highest BCUT2D eigenvalue weighted by Gasteiger charge is 2.13. The van der Waals surface area contributed by atoms with Crippen LogP contribution in [0.2, 0.25) is 0 Å². The monoisotopic (exact) mass is 270 g/mol. The van der Waals surface area contributed by atoms with E-state index in [2.05, 4.69) is 19.1 Å². The molecule has 0 saturated heterocycles. The highest BCUT2D eigenvalue weighted by atomic mass is 16.5. The van der Waals surface area contributed by atoms with Gasteiger partial charge in [-0.15, -0.1) is 0 Å². The van der Waals surface area contributed by atoms with Crippen molar-refractivity contribution in [3.8, 4) is 16.9 Å². The minimum atomic E-state index is -0.948. The second kappa shape index (κ2) is 6.24. The molecular weight excluding hydrogens is 252 g/mol. The van der Waals surface area contributed by atoms with Crippen LogP contribution in [0.5, 0.6) is 5.75 Å². The Bertz CT molecular complexity index is 600. The van der Waals surface area contributed by atoms with Crippen LogP contribution in [0.4, 0.5) is 0 Å². The summed E-state index contributed by atoms with van der Waals surface area (Å²) < 4.78 is 5.08. The van der Waals surface area contributed by atoms with Crippen LogP contribution in [0, 0.1) is 0 Å². The predicted molar refractivity (Wildman–Crippen MR) is 79.4 cm³/mol. The lowest BCUT2D eigenvalue weighted by Crippen LogP contribution is -2.00. The van der Waals surface area contributed by atoms with Gasteiger partial charge in [-0.05, 0) is 41.3 Å². The van der Waals surface area contributed by atoms with Crippen molar-refractivity contribution in [2.45, 2.75) is 19.8 Å². The van der Waals surface area contributed by atoms with E-state index in [-0.39, 0.29) is 5.56 Å². The number of carbonyl (C=O) groups is 1. The van der Waals surface area contributed by atoms with Gasteiger partial charge in [0.25, 0.3) is 0 Å². The van der Waals surface area contributed by atoms with Crippen molar-refractivity contribution in [2.24, 2.45) is 0 Å². The Morgan fingerprint density at radius 3 is 2.40 bits per heavy atom. The molecule has 0 amide bonds. The van der Waals surface area contributed by atoms with Crippen LogP contribution in [-0.4, -0.2) is 18.2 Å². The van der Waals surface area contributed by atoms with Crippen LogP contribution in [-0.2, 0) is 6.42 Å². The number of benzene rings is 2. The van der Waals surface area contributed by atoms with Gasteiger partial charge in [-0.2, -0.15) is 0 Å². The van der Waals surface area contributed by atoms with Gasteiger partial charge in [0.15, 0.2) is 0 Å². The molecule has 2 rings (SSSR count). The first kappa shape index (κ1) is 14.1. The van der Waals surface area contributed by atoms with Gasteiger partial charge in [0.2, 0.25) is 0 Å². The number of aryl methyl sites for hydroxylation is 1. The van der Waals surface area contributed by atoms with Gasteiger partial charge < -0.3 is 9.84 Å². The molecule has 0 bridgehead atoms. The van der Waals surface area contributed by atoms with E-state index in [9.17, 15) is 9.90 Å². The highest BCUT2D eigenvalue weighted by molar-refractivity contribution is 5.96. The van der Waals surface area contributed by atoms with Gasteiger partial charge >= 0.3 is 5.97 Å². The molecule has 2 aromatic carbocycles. The van der Waals surface area contributed by atoms with Crippen molar-refractivity contribution in [1.29, 1.82) is 0 Å². The fourth-order valence-corrected chi connectivity index (χ4v) is 2.22. The van der Waals surface area contributed by atoms with Crippen molar-refractivity contribution in [2.75, 3.05) is 7.11 Å². The molecule has 0 saturated carbocycles. The summed E-state index contributed by atoms with van der Waals surface area (Å²) in [6.45, 7) is 2.14. The first-order valence-electron chi connectivity index (χ1n) is 6.66. The summed E-state index contributed by atoms with van der Waals surface area (Å²) in [6.07, 6.45) is 2.14. The van der Waals surface area contributed by atoms with Gasteiger partial charge in [0.05, 0.1) is 12.7 Å². The van der Waals surface area contributed by atoms with Gasteiger partial charge in [-0.1, -0.05) is 37.6 Å². The summed E-state index contributed by atoms with van der Waals surface area (Å²) in [5.74, 6) is -0.398. The minimum absolute atomic E-state index is 0.257. The van der Waals surface area contributed by atoms with E-state index in [1.54, 1.807) is 18.2 Å². The topological polar surface area (TPSA) is 46.5 Å². The molecule has 0 heterocycles. The summed E-state index contributed by atoms with van der Waals surface area (Å²) in [6, 6.07) is 13.2. The maximum absolute atomic E-state index is 11.4. The summed E-state index contributed by atoms with van der Waals surface area (Å²) in [4.78, 5) is 11.4. The summed E-state index contributed by atoms with van der Waals surface area (Å²) in [5, 5.41) is 9.33. The van der Waals surface area contributed by atoms with Crippen molar-refractivity contribution in [1.82, 2.24) is 0 Å². The second-order valence-corrected chi connectivity index (χ2v) is 4.66. The Hall–Kier alpha value is -2.29. The molecule has 0 fully saturated rings. The number of ether oxygens (including phenoxy) is 1. The van der Waals surface area contributed by atoms with E-state index in [1.807, 2.05) is 12.1 Å². The van der Waals surface area contributed by atoms with Gasteiger partial charge in [-0.25, -0.2) is 4.79 Å². The molecule has 0 aromatic heterocycles. The number of carboxylic acids is 1.